The van der Waals surface area contributed by atoms with E-state index in [2.05, 4.69) is 17.1 Å². The van der Waals surface area contributed by atoms with Gasteiger partial charge in [0.2, 0.25) is 5.13 Å². The van der Waals surface area contributed by atoms with Gasteiger partial charge in [0.15, 0.2) is 0 Å². The average Bonchev–Trinajstić information content (AvgIpc) is 2.91. The summed E-state index contributed by atoms with van der Waals surface area (Å²) in [5.41, 5.74) is 0. The maximum atomic E-state index is 11.1. The van der Waals surface area contributed by atoms with E-state index in [0.717, 1.165) is 29.5 Å². The minimum absolute atomic E-state index is 0.425. The molecule has 0 fully saturated rings. The zero-order valence-corrected chi connectivity index (χ0v) is 13.9. The lowest BCUT2D eigenvalue weighted by Gasteiger charge is -2.23. The van der Waals surface area contributed by atoms with Gasteiger partial charge in [0, 0.05) is 20.2 Å². The molecule has 7 heteroatoms. The Morgan fingerprint density at radius 1 is 1.38 bits per heavy atom. The quantitative estimate of drug-likeness (QED) is 0.633. The van der Waals surface area contributed by atoms with Gasteiger partial charge < -0.3 is 14.7 Å². The van der Waals surface area contributed by atoms with Crippen LogP contribution >= 0.6 is 11.3 Å². The molecule has 0 radical (unpaired) electrons. The highest BCUT2D eigenvalue weighted by Crippen LogP contribution is 2.22. The maximum Gasteiger partial charge on any atom is 0.308 e. The third kappa shape index (κ3) is 6.39. The summed E-state index contributed by atoms with van der Waals surface area (Å²) in [6, 6.07) is 0. The lowest BCUT2D eigenvalue weighted by Crippen LogP contribution is -2.32. The number of nitrogens with zero attached hydrogens (tertiary/aromatic N) is 3. The predicted octanol–water partition coefficient (Wildman–Crippen LogP) is 2.79. The molecule has 1 atom stereocenters. The van der Waals surface area contributed by atoms with Crippen LogP contribution in [0.3, 0.4) is 0 Å². The number of aromatic nitrogens is 2. The number of anilines is 1. The van der Waals surface area contributed by atoms with Crippen LogP contribution in [-0.4, -0.2) is 41.5 Å². The fraction of sp³-hybridized carbons (Fsp3) is 0.786. The molecule has 1 rings (SSSR count). The molecule has 0 aliphatic carbocycles. The second-order valence-electron chi connectivity index (χ2n) is 5.16. The van der Waals surface area contributed by atoms with E-state index in [1.807, 2.05) is 4.90 Å². The van der Waals surface area contributed by atoms with Crippen LogP contribution in [0.1, 0.15) is 44.5 Å². The van der Waals surface area contributed by atoms with E-state index < -0.39 is 11.9 Å². The number of aliphatic carboxylic acids is 1. The minimum atomic E-state index is -0.782. The van der Waals surface area contributed by atoms with E-state index >= 15 is 0 Å². The molecule has 1 N–H and O–H groups in total. The first-order chi connectivity index (χ1) is 10.1. The van der Waals surface area contributed by atoms with Crippen LogP contribution in [0.15, 0.2) is 0 Å². The molecule has 1 unspecified atom stereocenters. The minimum Gasteiger partial charge on any atom is -0.481 e. The molecule has 1 heterocycles. The van der Waals surface area contributed by atoms with Gasteiger partial charge in [-0.3, -0.25) is 4.79 Å². The lowest BCUT2D eigenvalue weighted by atomic mass is 10.1. The van der Waals surface area contributed by atoms with Crippen molar-refractivity contribution in [3.63, 3.8) is 0 Å². The summed E-state index contributed by atoms with van der Waals surface area (Å²) in [5, 5.41) is 18.9. The Morgan fingerprint density at radius 3 is 2.76 bits per heavy atom. The van der Waals surface area contributed by atoms with Crippen molar-refractivity contribution in [1.82, 2.24) is 10.2 Å². The first kappa shape index (κ1) is 17.8. The molecule has 120 valence electrons. The first-order valence-electron chi connectivity index (χ1n) is 7.37. The molecule has 0 bridgehead atoms. The van der Waals surface area contributed by atoms with Crippen LogP contribution in [-0.2, 0) is 16.1 Å². The molecule has 0 aliphatic rings. The van der Waals surface area contributed by atoms with E-state index in [1.54, 1.807) is 14.0 Å². The highest BCUT2D eigenvalue weighted by atomic mass is 32.1. The van der Waals surface area contributed by atoms with Crippen molar-refractivity contribution in [2.45, 2.75) is 46.1 Å². The van der Waals surface area contributed by atoms with Gasteiger partial charge in [-0.2, -0.15) is 0 Å². The Kier molecular flexibility index (Phi) is 8.22. The van der Waals surface area contributed by atoms with Crippen molar-refractivity contribution in [2.24, 2.45) is 5.92 Å². The number of hydrogen-bond acceptors (Lipinski definition) is 6. The van der Waals surface area contributed by atoms with Gasteiger partial charge in [0.25, 0.3) is 0 Å². The fourth-order valence-electron chi connectivity index (χ4n) is 1.96. The summed E-state index contributed by atoms with van der Waals surface area (Å²) in [4.78, 5) is 13.1. The van der Waals surface area contributed by atoms with Gasteiger partial charge in [-0.05, 0) is 6.42 Å². The van der Waals surface area contributed by atoms with Gasteiger partial charge in [0.1, 0.15) is 11.6 Å². The molecule has 0 aliphatic heterocycles. The largest absolute Gasteiger partial charge is 0.481 e. The summed E-state index contributed by atoms with van der Waals surface area (Å²) < 4.78 is 5.05. The number of unbranched alkanes of at least 4 members (excludes halogenated alkanes) is 3. The standard InChI is InChI=1S/C14H25N3O3S/c1-4-5-6-7-8-17(9-11(2)13(18)19)14-16-15-12(21-14)10-20-3/h11H,4-10H2,1-3H3,(H,18,19). The maximum absolute atomic E-state index is 11.1. The summed E-state index contributed by atoms with van der Waals surface area (Å²) in [7, 11) is 1.62. The number of methoxy groups -OCH3 is 1. The topological polar surface area (TPSA) is 75.6 Å². The molecule has 6 nitrogen and oxygen atoms in total. The van der Waals surface area contributed by atoms with Crippen LogP contribution < -0.4 is 4.90 Å². The van der Waals surface area contributed by atoms with Crippen LogP contribution in [0, 0.1) is 5.92 Å². The highest BCUT2D eigenvalue weighted by Gasteiger charge is 2.19. The van der Waals surface area contributed by atoms with Crippen molar-refractivity contribution in [3.8, 4) is 0 Å². The predicted molar refractivity (Wildman–Crippen MR) is 83.8 cm³/mol. The molecule has 0 spiro atoms. The average molecular weight is 315 g/mol. The number of carbonyl (C=O) groups is 1. The molecule has 1 aromatic rings. The lowest BCUT2D eigenvalue weighted by molar-refractivity contribution is -0.140. The summed E-state index contributed by atoms with van der Waals surface area (Å²) in [6.45, 7) is 5.61. The Bertz CT molecular complexity index is 425. The van der Waals surface area contributed by atoms with E-state index in [9.17, 15) is 4.79 Å². The second kappa shape index (κ2) is 9.68. The summed E-state index contributed by atoms with van der Waals surface area (Å²) >= 11 is 1.47. The third-order valence-corrected chi connectivity index (χ3v) is 4.15. The number of ether oxygens (including phenoxy) is 1. The Hall–Kier alpha value is -1.21. The van der Waals surface area contributed by atoms with Gasteiger partial charge in [0.05, 0.1) is 5.92 Å². The van der Waals surface area contributed by atoms with Crippen LogP contribution in [0.4, 0.5) is 5.13 Å². The van der Waals surface area contributed by atoms with Gasteiger partial charge in [-0.15, -0.1) is 10.2 Å². The second-order valence-corrected chi connectivity index (χ2v) is 6.20. The zero-order chi connectivity index (χ0) is 15.7. The fourth-order valence-corrected chi connectivity index (χ4v) is 2.80. The number of carboxylic acid groups (broad SMARTS) is 1. The molecule has 0 amide bonds. The third-order valence-electron chi connectivity index (χ3n) is 3.19. The van der Waals surface area contributed by atoms with E-state index in [0.29, 0.717) is 13.2 Å². The number of hydrogen-bond donors (Lipinski definition) is 1. The smallest absolute Gasteiger partial charge is 0.308 e. The summed E-state index contributed by atoms with van der Waals surface area (Å²) in [6.07, 6.45) is 4.58. The number of rotatable bonds is 11. The molecular formula is C14H25N3O3S. The van der Waals surface area contributed by atoms with Crippen LogP contribution in [0.2, 0.25) is 0 Å². The van der Waals surface area contributed by atoms with Gasteiger partial charge >= 0.3 is 5.97 Å². The van der Waals surface area contributed by atoms with E-state index in [4.69, 9.17) is 9.84 Å². The molecule has 0 saturated heterocycles. The molecule has 1 aromatic heterocycles. The zero-order valence-electron chi connectivity index (χ0n) is 13.0. The normalized spacial score (nSPS) is 12.3. The molecule has 0 saturated carbocycles. The summed E-state index contributed by atoms with van der Waals surface area (Å²) in [5.74, 6) is -1.21. The Labute approximate surface area is 130 Å². The van der Waals surface area contributed by atoms with E-state index in [-0.39, 0.29) is 0 Å². The molecular weight excluding hydrogens is 290 g/mol. The van der Waals surface area contributed by atoms with Crippen molar-refractivity contribution in [3.05, 3.63) is 5.01 Å². The van der Waals surface area contributed by atoms with Crippen molar-refractivity contribution in [1.29, 1.82) is 0 Å². The van der Waals surface area contributed by atoms with Crippen LogP contribution in [0.5, 0.6) is 0 Å². The van der Waals surface area contributed by atoms with Crippen molar-refractivity contribution in [2.75, 3.05) is 25.1 Å². The Balaban J connectivity index is 2.66. The van der Waals surface area contributed by atoms with E-state index in [1.165, 1.54) is 24.2 Å². The first-order valence-corrected chi connectivity index (χ1v) is 8.19. The van der Waals surface area contributed by atoms with Crippen molar-refractivity contribution >= 4 is 22.4 Å². The van der Waals surface area contributed by atoms with Crippen molar-refractivity contribution < 1.29 is 14.6 Å². The highest BCUT2D eigenvalue weighted by molar-refractivity contribution is 7.15. The molecule has 21 heavy (non-hydrogen) atoms. The monoisotopic (exact) mass is 315 g/mol. The Morgan fingerprint density at radius 2 is 2.14 bits per heavy atom. The van der Waals surface area contributed by atoms with Crippen LogP contribution in [0.25, 0.3) is 0 Å². The van der Waals surface area contributed by atoms with Gasteiger partial charge in [-0.25, -0.2) is 0 Å². The molecule has 0 aromatic carbocycles. The van der Waals surface area contributed by atoms with Gasteiger partial charge in [-0.1, -0.05) is 44.4 Å². The SMILES string of the molecule is CCCCCCN(CC(C)C(=O)O)c1nnc(COC)s1. The number of carboxylic acids is 1.